The molecule has 5 heteroatoms. The molecule has 1 unspecified atom stereocenters. The lowest BCUT2D eigenvalue weighted by Gasteiger charge is -2.33. The van der Waals surface area contributed by atoms with Crippen molar-refractivity contribution in [2.75, 3.05) is 25.9 Å². The molecular formula is C15H21ClN2OS. The van der Waals surface area contributed by atoms with E-state index in [1.807, 2.05) is 29.8 Å². The molecule has 1 fully saturated rings. The Balaban J connectivity index is 0.00000147. The first kappa shape index (κ1) is 15.7. The molecule has 2 aliphatic heterocycles. The SMILES string of the molecule is CN(C(=O)C1CSc2ccccc21)C1CCNCC1.Cl. The highest BCUT2D eigenvalue weighted by Gasteiger charge is 2.33. The molecule has 2 aliphatic rings. The van der Waals surface area contributed by atoms with Crippen molar-refractivity contribution in [2.24, 2.45) is 0 Å². The lowest BCUT2D eigenvalue weighted by Crippen LogP contribution is -2.45. The maximum Gasteiger partial charge on any atom is 0.230 e. The van der Waals surface area contributed by atoms with Crippen LogP contribution in [0.2, 0.25) is 0 Å². The number of benzene rings is 1. The number of hydrogen-bond acceptors (Lipinski definition) is 3. The third kappa shape index (κ3) is 2.97. The van der Waals surface area contributed by atoms with Crippen molar-refractivity contribution < 1.29 is 4.79 Å². The Morgan fingerprint density at radius 2 is 2.00 bits per heavy atom. The predicted octanol–water partition coefficient (Wildman–Crippen LogP) is 2.51. The van der Waals surface area contributed by atoms with Gasteiger partial charge in [-0.05, 0) is 37.6 Å². The number of fused-ring (bicyclic) bond motifs is 1. The van der Waals surface area contributed by atoms with Gasteiger partial charge in [-0.15, -0.1) is 24.2 Å². The molecule has 1 N–H and O–H groups in total. The molecule has 2 heterocycles. The van der Waals surface area contributed by atoms with E-state index in [1.54, 1.807) is 0 Å². The largest absolute Gasteiger partial charge is 0.342 e. The number of carbonyl (C=O) groups excluding carboxylic acids is 1. The van der Waals surface area contributed by atoms with E-state index in [-0.39, 0.29) is 18.3 Å². The summed E-state index contributed by atoms with van der Waals surface area (Å²) in [5, 5.41) is 3.35. The monoisotopic (exact) mass is 312 g/mol. The number of nitrogens with one attached hydrogen (secondary N) is 1. The van der Waals surface area contributed by atoms with E-state index in [4.69, 9.17) is 0 Å². The molecule has 110 valence electrons. The smallest absolute Gasteiger partial charge is 0.230 e. The van der Waals surface area contributed by atoms with E-state index in [1.165, 1.54) is 10.5 Å². The molecule has 0 bridgehead atoms. The number of carbonyl (C=O) groups is 1. The van der Waals surface area contributed by atoms with Crippen molar-refractivity contribution >= 4 is 30.1 Å². The minimum absolute atomic E-state index is 0. The molecule has 0 spiro atoms. The second-order valence-corrected chi connectivity index (χ2v) is 6.39. The number of likely N-dealkylation sites (N-methyl/N-ethyl adjacent to an activating group) is 1. The Morgan fingerprint density at radius 3 is 2.75 bits per heavy atom. The van der Waals surface area contributed by atoms with Crippen LogP contribution in [0.4, 0.5) is 0 Å². The summed E-state index contributed by atoms with van der Waals surface area (Å²) < 4.78 is 0. The fourth-order valence-electron chi connectivity index (χ4n) is 2.99. The summed E-state index contributed by atoms with van der Waals surface area (Å²) in [5.41, 5.74) is 1.22. The molecule has 3 nitrogen and oxygen atoms in total. The van der Waals surface area contributed by atoms with Crippen LogP contribution in [0.15, 0.2) is 29.2 Å². The van der Waals surface area contributed by atoms with E-state index < -0.39 is 0 Å². The molecule has 1 saturated heterocycles. The van der Waals surface area contributed by atoms with Gasteiger partial charge in [0.1, 0.15) is 0 Å². The Bertz CT molecular complexity index is 477. The molecule has 0 radical (unpaired) electrons. The van der Waals surface area contributed by atoms with E-state index in [2.05, 4.69) is 23.5 Å². The molecule has 1 amide bonds. The highest BCUT2D eigenvalue weighted by molar-refractivity contribution is 7.99. The van der Waals surface area contributed by atoms with Crippen molar-refractivity contribution in [3.05, 3.63) is 29.8 Å². The van der Waals surface area contributed by atoms with Crippen molar-refractivity contribution in [3.63, 3.8) is 0 Å². The van der Waals surface area contributed by atoms with E-state index in [0.717, 1.165) is 31.7 Å². The number of rotatable bonds is 2. The fraction of sp³-hybridized carbons (Fsp3) is 0.533. The number of hydrogen-bond donors (Lipinski definition) is 1. The highest BCUT2D eigenvalue weighted by atomic mass is 35.5. The average molecular weight is 313 g/mol. The Hall–Kier alpha value is -0.710. The van der Waals surface area contributed by atoms with Gasteiger partial charge < -0.3 is 10.2 Å². The zero-order valence-corrected chi connectivity index (χ0v) is 13.3. The Labute approximate surface area is 130 Å². The lowest BCUT2D eigenvalue weighted by molar-refractivity contribution is -0.133. The van der Waals surface area contributed by atoms with Crippen LogP contribution >= 0.6 is 24.2 Å². The van der Waals surface area contributed by atoms with E-state index >= 15 is 0 Å². The fourth-order valence-corrected chi connectivity index (χ4v) is 4.21. The number of halogens is 1. The maximum atomic E-state index is 12.7. The topological polar surface area (TPSA) is 32.3 Å². The number of nitrogens with zero attached hydrogens (tertiary/aromatic N) is 1. The maximum absolute atomic E-state index is 12.7. The summed E-state index contributed by atoms with van der Waals surface area (Å²) in [5.74, 6) is 1.25. The molecular weight excluding hydrogens is 292 g/mol. The molecule has 3 rings (SSSR count). The lowest BCUT2D eigenvalue weighted by atomic mass is 9.97. The second kappa shape index (κ2) is 6.83. The minimum atomic E-state index is 0. The van der Waals surface area contributed by atoms with Crippen molar-refractivity contribution in [1.82, 2.24) is 10.2 Å². The normalized spacial score (nSPS) is 21.9. The van der Waals surface area contributed by atoms with Crippen LogP contribution in [0.3, 0.4) is 0 Å². The summed E-state index contributed by atoms with van der Waals surface area (Å²) in [6, 6.07) is 8.72. The summed E-state index contributed by atoms with van der Waals surface area (Å²) in [6.07, 6.45) is 2.15. The van der Waals surface area contributed by atoms with Crippen LogP contribution in [0.1, 0.15) is 24.3 Å². The third-order valence-corrected chi connectivity index (χ3v) is 5.38. The van der Waals surface area contributed by atoms with Crippen LogP contribution in [0, 0.1) is 0 Å². The van der Waals surface area contributed by atoms with Crippen molar-refractivity contribution in [1.29, 1.82) is 0 Å². The van der Waals surface area contributed by atoms with Crippen LogP contribution in [0.5, 0.6) is 0 Å². The molecule has 0 saturated carbocycles. The molecule has 1 atom stereocenters. The molecule has 0 aliphatic carbocycles. The Kier molecular flexibility index (Phi) is 5.35. The van der Waals surface area contributed by atoms with Crippen molar-refractivity contribution in [3.8, 4) is 0 Å². The van der Waals surface area contributed by atoms with E-state index in [0.29, 0.717) is 11.9 Å². The third-order valence-electron chi connectivity index (χ3n) is 4.20. The number of thioether (sulfide) groups is 1. The molecule has 1 aromatic carbocycles. The van der Waals surface area contributed by atoms with Crippen LogP contribution < -0.4 is 5.32 Å². The first-order valence-corrected chi connectivity index (χ1v) is 7.95. The van der Waals surface area contributed by atoms with Gasteiger partial charge in [0.05, 0.1) is 5.92 Å². The summed E-state index contributed by atoms with van der Waals surface area (Å²) in [7, 11) is 1.98. The molecule has 1 aromatic rings. The molecule has 0 aromatic heterocycles. The zero-order chi connectivity index (χ0) is 13.2. The highest BCUT2D eigenvalue weighted by Crippen LogP contribution is 2.40. The van der Waals surface area contributed by atoms with Gasteiger partial charge in [0.15, 0.2) is 0 Å². The van der Waals surface area contributed by atoms with Crippen molar-refractivity contribution in [2.45, 2.75) is 29.7 Å². The summed E-state index contributed by atoms with van der Waals surface area (Å²) in [6.45, 7) is 2.05. The van der Waals surface area contributed by atoms with Gasteiger partial charge in [0, 0.05) is 23.7 Å². The Morgan fingerprint density at radius 1 is 1.30 bits per heavy atom. The average Bonchev–Trinajstić information content (AvgIpc) is 2.90. The standard InChI is InChI=1S/C15H20N2OS.ClH/c1-17(11-6-8-16-9-7-11)15(18)13-10-19-14-5-3-2-4-12(13)14;/h2-5,11,13,16H,6-10H2,1H3;1H. The van der Waals surface area contributed by atoms with Gasteiger partial charge in [-0.1, -0.05) is 18.2 Å². The first-order chi connectivity index (χ1) is 9.27. The van der Waals surface area contributed by atoms with Crippen LogP contribution in [0.25, 0.3) is 0 Å². The van der Waals surface area contributed by atoms with Gasteiger partial charge in [-0.3, -0.25) is 4.79 Å². The summed E-state index contributed by atoms with van der Waals surface area (Å²) in [4.78, 5) is 16.0. The van der Waals surface area contributed by atoms with Crippen LogP contribution in [-0.4, -0.2) is 42.7 Å². The first-order valence-electron chi connectivity index (χ1n) is 6.96. The zero-order valence-electron chi connectivity index (χ0n) is 11.7. The second-order valence-electron chi connectivity index (χ2n) is 5.33. The molecule has 20 heavy (non-hydrogen) atoms. The van der Waals surface area contributed by atoms with Crippen LogP contribution in [-0.2, 0) is 4.79 Å². The van der Waals surface area contributed by atoms with Gasteiger partial charge in [-0.25, -0.2) is 0 Å². The summed E-state index contributed by atoms with van der Waals surface area (Å²) >= 11 is 1.81. The van der Waals surface area contributed by atoms with Gasteiger partial charge in [0.25, 0.3) is 0 Å². The quantitative estimate of drug-likeness (QED) is 0.910. The van der Waals surface area contributed by atoms with Gasteiger partial charge in [-0.2, -0.15) is 0 Å². The number of amides is 1. The minimum Gasteiger partial charge on any atom is -0.342 e. The number of piperidine rings is 1. The van der Waals surface area contributed by atoms with E-state index in [9.17, 15) is 4.79 Å². The predicted molar refractivity (Wildman–Crippen MR) is 85.8 cm³/mol. The van der Waals surface area contributed by atoms with Gasteiger partial charge in [0.2, 0.25) is 5.91 Å². The van der Waals surface area contributed by atoms with Gasteiger partial charge >= 0.3 is 0 Å².